The van der Waals surface area contributed by atoms with Gasteiger partial charge in [-0.15, -0.1) is 0 Å². The van der Waals surface area contributed by atoms with Crippen molar-refractivity contribution in [2.24, 2.45) is 22.6 Å². The number of hydrogen-bond donors (Lipinski definition) is 1. The Morgan fingerprint density at radius 1 is 1.20 bits per heavy atom. The molecule has 0 aromatic heterocycles. The maximum atomic E-state index is 12.2. The molecule has 0 bridgehead atoms. The molecule has 0 unspecified atom stereocenters. The second-order valence-electron chi connectivity index (χ2n) is 7.78. The molecule has 1 aliphatic heterocycles. The number of nitrogens with zero attached hydrogens (tertiary/aromatic N) is 1. The Labute approximate surface area is 150 Å². The first-order valence-corrected chi connectivity index (χ1v) is 8.83. The number of hydrogen-bond acceptors (Lipinski definition) is 4. The van der Waals surface area contributed by atoms with Gasteiger partial charge in [-0.25, -0.2) is 0 Å². The van der Waals surface area contributed by atoms with Gasteiger partial charge in [0, 0.05) is 5.56 Å². The van der Waals surface area contributed by atoms with Crippen LogP contribution in [0.4, 0.5) is 0 Å². The number of rotatable bonds is 7. The Morgan fingerprint density at radius 2 is 1.80 bits per heavy atom. The lowest BCUT2D eigenvalue weighted by Gasteiger charge is -2.32. The monoisotopic (exact) mass is 346 g/mol. The summed E-state index contributed by atoms with van der Waals surface area (Å²) in [6, 6.07) is 3.92. The third-order valence-electron chi connectivity index (χ3n) is 4.64. The predicted octanol–water partition coefficient (Wildman–Crippen LogP) is 3.37. The number of nitrogens with two attached hydrogens (primary N) is 1. The van der Waals surface area contributed by atoms with Crippen molar-refractivity contribution in [3.63, 3.8) is 0 Å². The molecule has 0 aliphatic carbocycles. The minimum Gasteiger partial charge on any atom is -0.493 e. The smallest absolute Gasteiger partial charge is 0.226 e. The van der Waals surface area contributed by atoms with Gasteiger partial charge in [0.1, 0.15) is 0 Å². The fourth-order valence-electron chi connectivity index (χ4n) is 3.38. The van der Waals surface area contributed by atoms with Crippen LogP contribution in [0.1, 0.15) is 51.7 Å². The lowest BCUT2D eigenvalue weighted by atomic mass is 9.80. The molecular weight excluding hydrogens is 316 g/mol. The summed E-state index contributed by atoms with van der Waals surface area (Å²) in [6.45, 7) is 8.44. The molecule has 2 N–H and O–H groups in total. The van der Waals surface area contributed by atoms with Crippen molar-refractivity contribution in [3.05, 3.63) is 23.3 Å². The first-order valence-electron chi connectivity index (χ1n) is 8.83. The number of carbonyl (C=O) groups excluding carboxylic acids is 1. The van der Waals surface area contributed by atoms with Crippen molar-refractivity contribution in [1.29, 1.82) is 0 Å². The molecule has 0 saturated carbocycles. The Hall–Kier alpha value is -2.04. The van der Waals surface area contributed by atoms with Gasteiger partial charge in [-0.1, -0.05) is 13.8 Å². The SMILES string of the molecule is COc1cc2c(cc1OC)C([C@@H](CCC(C)C)C(N)=O)=NC(C)(C)C2. The molecule has 5 nitrogen and oxygen atoms in total. The second kappa shape index (κ2) is 7.46. The van der Waals surface area contributed by atoms with Gasteiger partial charge in [0.2, 0.25) is 5.91 Å². The van der Waals surface area contributed by atoms with E-state index >= 15 is 0 Å². The van der Waals surface area contributed by atoms with E-state index in [1.165, 1.54) is 0 Å². The van der Waals surface area contributed by atoms with E-state index in [-0.39, 0.29) is 17.4 Å². The van der Waals surface area contributed by atoms with Gasteiger partial charge < -0.3 is 15.2 Å². The predicted molar refractivity (Wildman–Crippen MR) is 101 cm³/mol. The quantitative estimate of drug-likeness (QED) is 0.822. The molecule has 1 heterocycles. The van der Waals surface area contributed by atoms with E-state index in [4.69, 9.17) is 20.2 Å². The first-order chi connectivity index (χ1) is 11.7. The van der Waals surface area contributed by atoms with Crippen LogP contribution in [-0.4, -0.2) is 31.4 Å². The van der Waals surface area contributed by atoms with Crippen LogP contribution in [-0.2, 0) is 11.2 Å². The molecule has 1 atom stereocenters. The molecule has 0 fully saturated rings. The summed E-state index contributed by atoms with van der Waals surface area (Å²) in [5, 5.41) is 0. The Morgan fingerprint density at radius 3 is 2.32 bits per heavy atom. The summed E-state index contributed by atoms with van der Waals surface area (Å²) in [5.74, 6) is 1.12. The zero-order valence-electron chi connectivity index (χ0n) is 16.2. The highest BCUT2D eigenvalue weighted by molar-refractivity contribution is 6.14. The largest absolute Gasteiger partial charge is 0.493 e. The lowest BCUT2D eigenvalue weighted by molar-refractivity contribution is -0.120. The fourth-order valence-corrected chi connectivity index (χ4v) is 3.38. The van der Waals surface area contributed by atoms with E-state index in [1.54, 1.807) is 14.2 Å². The van der Waals surface area contributed by atoms with Crippen molar-refractivity contribution in [3.8, 4) is 11.5 Å². The van der Waals surface area contributed by atoms with Crippen LogP contribution in [0.3, 0.4) is 0 Å². The molecule has 1 amide bonds. The molecule has 0 radical (unpaired) electrons. The molecule has 1 aliphatic rings. The summed E-state index contributed by atoms with van der Waals surface area (Å²) >= 11 is 0. The van der Waals surface area contributed by atoms with Crippen molar-refractivity contribution in [1.82, 2.24) is 0 Å². The summed E-state index contributed by atoms with van der Waals surface area (Å²) in [7, 11) is 3.24. The van der Waals surface area contributed by atoms with E-state index in [1.807, 2.05) is 12.1 Å². The molecule has 5 heteroatoms. The minimum atomic E-state index is -0.390. The summed E-state index contributed by atoms with van der Waals surface area (Å²) in [5.41, 5.74) is 8.31. The maximum Gasteiger partial charge on any atom is 0.226 e. The summed E-state index contributed by atoms with van der Waals surface area (Å²) in [4.78, 5) is 17.1. The number of benzene rings is 1. The van der Waals surface area contributed by atoms with Crippen LogP contribution in [0.2, 0.25) is 0 Å². The van der Waals surface area contributed by atoms with E-state index in [0.29, 0.717) is 23.8 Å². The van der Waals surface area contributed by atoms with Gasteiger partial charge in [0.05, 0.1) is 31.4 Å². The molecular formula is C20H30N2O3. The van der Waals surface area contributed by atoms with E-state index < -0.39 is 0 Å². The van der Waals surface area contributed by atoms with Crippen LogP contribution in [0.5, 0.6) is 11.5 Å². The van der Waals surface area contributed by atoms with Crippen molar-refractivity contribution >= 4 is 11.6 Å². The van der Waals surface area contributed by atoms with Gasteiger partial charge in [0.25, 0.3) is 0 Å². The molecule has 2 rings (SSSR count). The normalized spacial score (nSPS) is 16.8. The van der Waals surface area contributed by atoms with Gasteiger partial charge in [-0.05, 0) is 56.7 Å². The van der Waals surface area contributed by atoms with Crippen LogP contribution in [0.25, 0.3) is 0 Å². The second-order valence-corrected chi connectivity index (χ2v) is 7.78. The average Bonchev–Trinajstić information content (AvgIpc) is 2.52. The molecule has 25 heavy (non-hydrogen) atoms. The maximum absolute atomic E-state index is 12.2. The van der Waals surface area contributed by atoms with Crippen LogP contribution in [0.15, 0.2) is 17.1 Å². The average molecular weight is 346 g/mol. The topological polar surface area (TPSA) is 73.9 Å². The first kappa shape index (κ1) is 19.3. The Kier molecular flexibility index (Phi) is 5.76. The van der Waals surface area contributed by atoms with E-state index in [2.05, 4.69) is 27.7 Å². The van der Waals surface area contributed by atoms with E-state index in [0.717, 1.165) is 29.7 Å². The van der Waals surface area contributed by atoms with Gasteiger partial charge >= 0.3 is 0 Å². The van der Waals surface area contributed by atoms with Crippen molar-refractivity contribution < 1.29 is 14.3 Å². The van der Waals surface area contributed by atoms with Crippen LogP contribution in [0, 0.1) is 11.8 Å². The van der Waals surface area contributed by atoms with Crippen molar-refractivity contribution in [2.45, 2.75) is 52.5 Å². The van der Waals surface area contributed by atoms with Gasteiger partial charge in [0.15, 0.2) is 11.5 Å². The third-order valence-corrected chi connectivity index (χ3v) is 4.64. The molecule has 138 valence electrons. The van der Waals surface area contributed by atoms with E-state index in [9.17, 15) is 4.79 Å². The number of fused-ring (bicyclic) bond motifs is 1. The molecule has 0 saturated heterocycles. The number of methoxy groups -OCH3 is 2. The molecule has 0 spiro atoms. The number of aliphatic imine (C=N–C) groups is 1. The molecule has 1 aromatic carbocycles. The van der Waals surface area contributed by atoms with Crippen molar-refractivity contribution in [2.75, 3.05) is 14.2 Å². The lowest BCUT2D eigenvalue weighted by Crippen LogP contribution is -2.38. The highest BCUT2D eigenvalue weighted by Gasteiger charge is 2.34. The van der Waals surface area contributed by atoms with Gasteiger partial charge in [-0.2, -0.15) is 0 Å². The minimum absolute atomic E-state index is 0.284. The number of ether oxygens (including phenoxy) is 2. The summed E-state index contributed by atoms with van der Waals surface area (Å²) < 4.78 is 10.9. The number of primary amides is 1. The summed E-state index contributed by atoms with van der Waals surface area (Å²) in [6.07, 6.45) is 2.41. The zero-order valence-corrected chi connectivity index (χ0v) is 16.2. The number of amides is 1. The zero-order chi connectivity index (χ0) is 18.8. The third kappa shape index (κ3) is 4.33. The molecule has 1 aromatic rings. The highest BCUT2D eigenvalue weighted by atomic mass is 16.5. The fraction of sp³-hybridized carbons (Fsp3) is 0.600. The van der Waals surface area contributed by atoms with Gasteiger partial charge in [-0.3, -0.25) is 9.79 Å². The number of carbonyl (C=O) groups is 1. The van der Waals surface area contributed by atoms with Crippen LogP contribution >= 0.6 is 0 Å². The Balaban J connectivity index is 2.56. The standard InChI is InChI=1S/C20H30N2O3/c1-12(2)7-8-14(19(21)23)18-15-10-17(25-6)16(24-5)9-13(15)11-20(3,4)22-18/h9-10,12,14H,7-8,11H2,1-6H3,(H2,21,23)/t14-/m1/s1. The van der Waals surface area contributed by atoms with Crippen LogP contribution < -0.4 is 15.2 Å². The Bertz CT molecular complexity index is 678. The highest BCUT2D eigenvalue weighted by Crippen LogP contribution is 2.38.